The van der Waals surface area contributed by atoms with Gasteiger partial charge in [0.2, 0.25) is 5.89 Å². The van der Waals surface area contributed by atoms with Gasteiger partial charge in [0.25, 0.3) is 5.91 Å². The first-order valence-electron chi connectivity index (χ1n) is 9.27. The molecule has 1 aromatic carbocycles. The number of nitrogens with one attached hydrogen (secondary N) is 1. The normalized spacial score (nSPS) is 16.5. The fourth-order valence-corrected chi connectivity index (χ4v) is 3.19. The summed E-state index contributed by atoms with van der Waals surface area (Å²) in [4.78, 5) is 32.5. The minimum absolute atomic E-state index is 0.0956. The number of benzene rings is 1. The van der Waals surface area contributed by atoms with Crippen molar-refractivity contribution in [1.29, 1.82) is 0 Å². The van der Waals surface area contributed by atoms with Crippen molar-refractivity contribution in [2.75, 3.05) is 31.6 Å². The highest BCUT2D eigenvalue weighted by Crippen LogP contribution is 2.38. The zero-order valence-corrected chi connectivity index (χ0v) is 15.6. The van der Waals surface area contributed by atoms with Gasteiger partial charge in [0, 0.05) is 50.3 Å². The Morgan fingerprint density at radius 3 is 2.93 bits per heavy atom. The molecule has 2 aromatic rings. The molecule has 2 aliphatic rings. The van der Waals surface area contributed by atoms with Crippen LogP contribution in [0.4, 0.5) is 10.5 Å². The Morgan fingerprint density at radius 2 is 2.22 bits per heavy atom. The summed E-state index contributed by atoms with van der Waals surface area (Å²) in [5.41, 5.74) is 2.30. The molecular weight excluding hydrogens is 346 g/mol. The van der Waals surface area contributed by atoms with Crippen molar-refractivity contribution < 1.29 is 14.1 Å². The molecule has 1 aliphatic heterocycles. The topological polar surface area (TPSA) is 91.6 Å². The molecule has 0 bridgehead atoms. The van der Waals surface area contributed by atoms with Crippen LogP contribution < -0.4 is 10.2 Å². The minimum Gasteiger partial charge on any atom is -0.341 e. The Morgan fingerprint density at radius 1 is 1.41 bits per heavy atom. The van der Waals surface area contributed by atoms with Gasteiger partial charge in [-0.05, 0) is 37.5 Å². The molecular formula is C19H23N5O3. The maximum Gasteiger partial charge on any atom is 0.322 e. The number of hydrogen-bond donors (Lipinski definition) is 1. The van der Waals surface area contributed by atoms with E-state index in [0.717, 1.165) is 24.1 Å². The van der Waals surface area contributed by atoms with E-state index in [4.69, 9.17) is 4.52 Å². The molecule has 0 unspecified atom stereocenters. The average molecular weight is 369 g/mol. The van der Waals surface area contributed by atoms with Crippen LogP contribution >= 0.6 is 0 Å². The Labute approximate surface area is 157 Å². The lowest BCUT2D eigenvalue weighted by Gasteiger charge is -2.20. The van der Waals surface area contributed by atoms with Gasteiger partial charge in [-0.2, -0.15) is 4.98 Å². The lowest BCUT2D eigenvalue weighted by Crippen LogP contribution is -2.31. The van der Waals surface area contributed by atoms with Crippen molar-refractivity contribution >= 4 is 17.6 Å². The van der Waals surface area contributed by atoms with Crippen LogP contribution in [0.25, 0.3) is 0 Å². The molecule has 3 amide bonds. The van der Waals surface area contributed by atoms with Crippen molar-refractivity contribution in [3.63, 3.8) is 0 Å². The summed E-state index contributed by atoms with van der Waals surface area (Å²) in [5.74, 6) is 1.68. The molecule has 8 nitrogen and oxygen atoms in total. The summed E-state index contributed by atoms with van der Waals surface area (Å²) in [6.45, 7) is 3.65. The molecule has 0 radical (unpaired) electrons. The highest BCUT2D eigenvalue weighted by molar-refractivity contribution is 5.99. The van der Waals surface area contributed by atoms with Gasteiger partial charge < -0.3 is 14.7 Å². The van der Waals surface area contributed by atoms with Crippen LogP contribution in [0.2, 0.25) is 0 Å². The smallest absolute Gasteiger partial charge is 0.322 e. The molecule has 142 valence electrons. The van der Waals surface area contributed by atoms with E-state index in [9.17, 15) is 9.59 Å². The van der Waals surface area contributed by atoms with E-state index in [0.29, 0.717) is 49.3 Å². The van der Waals surface area contributed by atoms with Gasteiger partial charge in [0.05, 0.1) is 0 Å². The molecule has 2 fully saturated rings. The lowest BCUT2D eigenvalue weighted by atomic mass is 10.1. The number of anilines is 1. The van der Waals surface area contributed by atoms with E-state index < -0.39 is 0 Å². The van der Waals surface area contributed by atoms with Crippen molar-refractivity contribution in [2.45, 2.75) is 32.1 Å². The third kappa shape index (κ3) is 3.65. The van der Waals surface area contributed by atoms with E-state index in [-0.39, 0.29) is 11.9 Å². The van der Waals surface area contributed by atoms with Gasteiger partial charge >= 0.3 is 6.03 Å². The fraction of sp³-hybridized carbons (Fsp3) is 0.474. The summed E-state index contributed by atoms with van der Waals surface area (Å²) in [6, 6.07) is 5.34. The van der Waals surface area contributed by atoms with Crippen LogP contribution in [0.1, 0.15) is 46.4 Å². The molecule has 4 rings (SSSR count). The predicted octanol–water partition coefficient (Wildman–Crippen LogP) is 2.10. The second kappa shape index (κ2) is 7.02. The van der Waals surface area contributed by atoms with Crippen molar-refractivity contribution in [2.24, 2.45) is 0 Å². The number of aryl methyl sites for hydroxylation is 1. The molecule has 0 atom stereocenters. The quantitative estimate of drug-likeness (QED) is 0.842. The first-order chi connectivity index (χ1) is 13.0. The van der Waals surface area contributed by atoms with E-state index in [1.165, 1.54) is 0 Å². The van der Waals surface area contributed by atoms with Crippen molar-refractivity contribution in [1.82, 2.24) is 20.4 Å². The molecule has 1 aliphatic carbocycles. The van der Waals surface area contributed by atoms with Crippen molar-refractivity contribution in [3.05, 3.63) is 41.0 Å². The zero-order valence-electron chi connectivity index (χ0n) is 15.6. The SMILES string of the molecule is Cc1ccc(C(=O)N(C)CCc2noc(C3CC3)n2)cc1N1CCNC1=O. The third-order valence-corrected chi connectivity index (χ3v) is 5.03. The zero-order chi connectivity index (χ0) is 19.0. The maximum absolute atomic E-state index is 12.8. The molecule has 1 saturated carbocycles. The number of carbonyl (C=O) groups excluding carboxylic acids is 2. The Balaban J connectivity index is 1.42. The minimum atomic E-state index is -0.125. The van der Waals surface area contributed by atoms with Crippen LogP contribution in [-0.4, -0.2) is 53.7 Å². The second-order valence-corrected chi connectivity index (χ2v) is 7.18. The van der Waals surface area contributed by atoms with E-state index in [1.54, 1.807) is 29.0 Å². The van der Waals surface area contributed by atoms with Crippen LogP contribution in [0.3, 0.4) is 0 Å². The number of carbonyl (C=O) groups is 2. The first-order valence-corrected chi connectivity index (χ1v) is 9.27. The van der Waals surface area contributed by atoms with E-state index in [1.807, 2.05) is 13.0 Å². The average Bonchev–Trinajstić information content (AvgIpc) is 3.26. The molecule has 1 saturated heterocycles. The molecule has 1 N–H and O–H groups in total. The molecule has 8 heteroatoms. The van der Waals surface area contributed by atoms with E-state index >= 15 is 0 Å². The second-order valence-electron chi connectivity index (χ2n) is 7.18. The number of rotatable bonds is 6. The van der Waals surface area contributed by atoms with Gasteiger partial charge in [-0.3, -0.25) is 9.69 Å². The van der Waals surface area contributed by atoms with Gasteiger partial charge in [-0.25, -0.2) is 4.79 Å². The van der Waals surface area contributed by atoms with Crippen molar-refractivity contribution in [3.8, 4) is 0 Å². The number of amides is 3. The summed E-state index contributed by atoms with van der Waals surface area (Å²) < 4.78 is 5.25. The maximum atomic E-state index is 12.8. The van der Waals surface area contributed by atoms with Crippen LogP contribution in [0.5, 0.6) is 0 Å². The summed E-state index contributed by atoms with van der Waals surface area (Å²) in [6.07, 6.45) is 2.78. The van der Waals surface area contributed by atoms with Crippen LogP contribution in [0, 0.1) is 6.92 Å². The molecule has 1 aromatic heterocycles. The monoisotopic (exact) mass is 369 g/mol. The van der Waals surface area contributed by atoms with E-state index in [2.05, 4.69) is 15.5 Å². The number of hydrogen-bond acceptors (Lipinski definition) is 5. The molecule has 0 spiro atoms. The molecule has 2 heterocycles. The molecule has 27 heavy (non-hydrogen) atoms. The number of aromatic nitrogens is 2. The summed E-state index contributed by atoms with van der Waals surface area (Å²) in [5, 5.41) is 6.78. The Kier molecular flexibility index (Phi) is 4.55. The highest BCUT2D eigenvalue weighted by Gasteiger charge is 2.29. The summed E-state index contributed by atoms with van der Waals surface area (Å²) in [7, 11) is 1.76. The van der Waals surface area contributed by atoms with Crippen LogP contribution in [-0.2, 0) is 6.42 Å². The van der Waals surface area contributed by atoms with Gasteiger partial charge in [0.1, 0.15) is 0 Å². The van der Waals surface area contributed by atoms with Gasteiger partial charge in [-0.1, -0.05) is 11.2 Å². The number of nitrogens with zero attached hydrogens (tertiary/aromatic N) is 4. The van der Waals surface area contributed by atoms with Gasteiger partial charge in [-0.15, -0.1) is 0 Å². The Hall–Kier alpha value is -2.90. The number of urea groups is 1. The fourth-order valence-electron chi connectivity index (χ4n) is 3.19. The largest absolute Gasteiger partial charge is 0.341 e. The lowest BCUT2D eigenvalue weighted by molar-refractivity contribution is 0.0795. The standard InChI is InChI=1S/C19H23N5O3/c1-12-3-4-14(11-15(12)24-10-8-20-19(24)26)18(25)23(2)9-7-16-21-17(27-22-16)13-5-6-13/h3-4,11,13H,5-10H2,1-2H3,(H,20,26). The highest BCUT2D eigenvalue weighted by atomic mass is 16.5. The Bertz CT molecular complexity index is 874. The predicted molar refractivity (Wildman–Crippen MR) is 98.9 cm³/mol. The van der Waals surface area contributed by atoms with Gasteiger partial charge in [0.15, 0.2) is 5.82 Å². The summed E-state index contributed by atoms with van der Waals surface area (Å²) >= 11 is 0. The first kappa shape index (κ1) is 17.5. The number of likely N-dealkylation sites (N-methyl/N-ethyl adjacent to an activating group) is 1. The van der Waals surface area contributed by atoms with Crippen LogP contribution in [0.15, 0.2) is 22.7 Å². The third-order valence-electron chi connectivity index (χ3n) is 5.03.